The summed E-state index contributed by atoms with van der Waals surface area (Å²) in [5.74, 6) is -1.10. The van der Waals surface area contributed by atoms with Gasteiger partial charge >= 0.3 is 0 Å². The monoisotopic (exact) mass is 302 g/mol. The number of aliphatic hydroxyl groups excluding tert-OH is 1. The third kappa shape index (κ3) is 3.44. The zero-order valence-corrected chi connectivity index (χ0v) is 11.2. The fourth-order valence-electron chi connectivity index (χ4n) is 1.73. The van der Waals surface area contributed by atoms with E-state index in [0.29, 0.717) is 11.1 Å². The van der Waals surface area contributed by atoms with Gasteiger partial charge in [0.1, 0.15) is 11.6 Å². The Kier molecular flexibility index (Phi) is 4.40. The molecule has 0 radical (unpaired) electrons. The SMILES string of the molecule is OC(Cc1ccc(F)c(Cl)c1)c1ccc(Cl)c(F)c1. The van der Waals surface area contributed by atoms with Crippen LogP contribution in [0.2, 0.25) is 10.0 Å². The molecule has 1 N–H and O–H groups in total. The highest BCUT2D eigenvalue weighted by atomic mass is 35.5. The smallest absolute Gasteiger partial charge is 0.142 e. The molecule has 0 aliphatic rings. The quantitative estimate of drug-likeness (QED) is 0.882. The van der Waals surface area contributed by atoms with Gasteiger partial charge in [-0.3, -0.25) is 0 Å². The summed E-state index contributed by atoms with van der Waals surface area (Å²) < 4.78 is 26.3. The Bertz CT molecular complexity index is 602. The van der Waals surface area contributed by atoms with Crippen LogP contribution in [0, 0.1) is 11.6 Å². The number of benzene rings is 2. The van der Waals surface area contributed by atoms with Crippen molar-refractivity contribution in [2.45, 2.75) is 12.5 Å². The zero-order chi connectivity index (χ0) is 14.0. The van der Waals surface area contributed by atoms with Crippen LogP contribution >= 0.6 is 23.2 Å². The van der Waals surface area contributed by atoms with Crippen molar-refractivity contribution in [1.29, 1.82) is 0 Å². The Morgan fingerprint density at radius 1 is 0.947 bits per heavy atom. The summed E-state index contributed by atoms with van der Waals surface area (Å²) in [5.41, 5.74) is 1.07. The molecule has 0 saturated heterocycles. The molecule has 2 rings (SSSR count). The van der Waals surface area contributed by atoms with E-state index >= 15 is 0 Å². The van der Waals surface area contributed by atoms with Crippen LogP contribution in [0.15, 0.2) is 36.4 Å². The molecule has 5 heteroatoms. The van der Waals surface area contributed by atoms with Crippen molar-refractivity contribution < 1.29 is 13.9 Å². The number of aliphatic hydroxyl groups is 1. The van der Waals surface area contributed by atoms with E-state index in [4.69, 9.17) is 23.2 Å². The van der Waals surface area contributed by atoms with Gasteiger partial charge < -0.3 is 5.11 Å². The molecule has 2 aromatic carbocycles. The van der Waals surface area contributed by atoms with Gasteiger partial charge in [0, 0.05) is 6.42 Å². The molecular formula is C14H10Cl2F2O. The molecule has 0 saturated carbocycles. The van der Waals surface area contributed by atoms with Crippen molar-refractivity contribution in [2.75, 3.05) is 0 Å². The fourth-order valence-corrected chi connectivity index (χ4v) is 2.05. The van der Waals surface area contributed by atoms with Crippen LogP contribution < -0.4 is 0 Å². The summed E-state index contributed by atoms with van der Waals surface area (Å²) in [5, 5.41) is 10.00. The zero-order valence-electron chi connectivity index (χ0n) is 9.71. The maximum Gasteiger partial charge on any atom is 0.142 e. The molecule has 0 fully saturated rings. The van der Waals surface area contributed by atoms with E-state index in [2.05, 4.69) is 0 Å². The molecular weight excluding hydrogens is 293 g/mol. The molecule has 0 heterocycles. The number of hydrogen-bond acceptors (Lipinski definition) is 1. The summed E-state index contributed by atoms with van der Waals surface area (Å²) in [6.07, 6.45) is -0.700. The first-order chi connectivity index (χ1) is 8.97. The highest BCUT2D eigenvalue weighted by Gasteiger charge is 2.12. The van der Waals surface area contributed by atoms with Crippen molar-refractivity contribution >= 4 is 23.2 Å². The molecule has 0 aliphatic carbocycles. The lowest BCUT2D eigenvalue weighted by Crippen LogP contribution is -2.02. The predicted molar refractivity (Wildman–Crippen MR) is 71.5 cm³/mol. The van der Waals surface area contributed by atoms with Crippen LogP contribution in [0.1, 0.15) is 17.2 Å². The first kappa shape index (κ1) is 14.3. The summed E-state index contributed by atoms with van der Waals surface area (Å²) in [4.78, 5) is 0. The molecule has 0 aromatic heterocycles. The lowest BCUT2D eigenvalue weighted by Gasteiger charge is -2.12. The van der Waals surface area contributed by atoms with Crippen LogP contribution in [-0.4, -0.2) is 5.11 Å². The van der Waals surface area contributed by atoms with Crippen molar-refractivity contribution in [1.82, 2.24) is 0 Å². The molecule has 0 spiro atoms. The lowest BCUT2D eigenvalue weighted by atomic mass is 10.0. The summed E-state index contributed by atoms with van der Waals surface area (Å²) >= 11 is 11.2. The normalized spacial score (nSPS) is 12.5. The standard InChI is InChI=1S/C14H10Cl2F2O/c15-10-3-2-9(7-13(10)18)14(19)6-8-1-4-12(17)11(16)5-8/h1-5,7,14,19H,6H2. The Morgan fingerprint density at radius 3 is 2.32 bits per heavy atom. The van der Waals surface area contributed by atoms with E-state index in [1.54, 1.807) is 6.07 Å². The summed E-state index contributed by atoms with van der Waals surface area (Å²) in [6, 6.07) is 8.29. The van der Waals surface area contributed by atoms with Crippen molar-refractivity contribution in [3.8, 4) is 0 Å². The van der Waals surface area contributed by atoms with Crippen LogP contribution in [0.5, 0.6) is 0 Å². The number of rotatable bonds is 3. The van der Waals surface area contributed by atoms with E-state index < -0.39 is 17.7 Å². The van der Waals surface area contributed by atoms with Crippen LogP contribution in [-0.2, 0) is 6.42 Å². The molecule has 0 amide bonds. The van der Waals surface area contributed by atoms with E-state index in [1.165, 1.54) is 30.3 Å². The van der Waals surface area contributed by atoms with Gasteiger partial charge in [-0.1, -0.05) is 35.3 Å². The minimum Gasteiger partial charge on any atom is -0.388 e. The minimum absolute atomic E-state index is 0.000719. The van der Waals surface area contributed by atoms with Gasteiger partial charge in [0.2, 0.25) is 0 Å². The van der Waals surface area contributed by atoms with Crippen LogP contribution in [0.25, 0.3) is 0 Å². The maximum atomic E-state index is 13.3. The highest BCUT2D eigenvalue weighted by Crippen LogP contribution is 2.24. The minimum atomic E-state index is -0.909. The third-order valence-corrected chi connectivity index (χ3v) is 3.34. The van der Waals surface area contributed by atoms with Crippen molar-refractivity contribution in [2.24, 2.45) is 0 Å². The first-order valence-corrected chi connectivity index (χ1v) is 6.30. The molecule has 1 atom stereocenters. The van der Waals surface area contributed by atoms with Gasteiger partial charge in [0.25, 0.3) is 0 Å². The molecule has 2 aromatic rings. The molecule has 1 unspecified atom stereocenters. The second-order valence-corrected chi connectivity index (χ2v) is 4.96. The van der Waals surface area contributed by atoms with Crippen molar-refractivity contribution in [3.63, 3.8) is 0 Å². The summed E-state index contributed by atoms with van der Waals surface area (Å²) in [7, 11) is 0. The predicted octanol–water partition coefficient (Wildman–Crippen LogP) is 4.55. The summed E-state index contributed by atoms with van der Waals surface area (Å²) in [6.45, 7) is 0. The van der Waals surface area contributed by atoms with Crippen LogP contribution in [0.4, 0.5) is 8.78 Å². The number of hydrogen-bond donors (Lipinski definition) is 1. The second-order valence-electron chi connectivity index (χ2n) is 4.14. The molecule has 19 heavy (non-hydrogen) atoms. The Labute approximate surface area is 119 Å². The lowest BCUT2D eigenvalue weighted by molar-refractivity contribution is 0.178. The largest absolute Gasteiger partial charge is 0.388 e. The highest BCUT2D eigenvalue weighted by molar-refractivity contribution is 6.31. The van der Waals surface area contributed by atoms with Gasteiger partial charge in [-0.15, -0.1) is 0 Å². The molecule has 1 nitrogen and oxygen atoms in total. The van der Waals surface area contributed by atoms with Gasteiger partial charge in [-0.2, -0.15) is 0 Å². The average molecular weight is 303 g/mol. The van der Waals surface area contributed by atoms with Crippen LogP contribution in [0.3, 0.4) is 0 Å². The van der Waals surface area contributed by atoms with Gasteiger partial charge in [-0.05, 0) is 35.4 Å². The van der Waals surface area contributed by atoms with Gasteiger partial charge in [0.05, 0.1) is 16.1 Å². The maximum absolute atomic E-state index is 13.3. The number of halogens is 4. The Hall–Kier alpha value is -1.16. The second kappa shape index (κ2) is 5.87. The topological polar surface area (TPSA) is 20.2 Å². The first-order valence-electron chi connectivity index (χ1n) is 5.54. The van der Waals surface area contributed by atoms with Gasteiger partial charge in [0.15, 0.2) is 0 Å². The van der Waals surface area contributed by atoms with Gasteiger partial charge in [-0.25, -0.2) is 8.78 Å². The molecule has 100 valence electrons. The average Bonchev–Trinajstić information content (AvgIpc) is 2.37. The van der Waals surface area contributed by atoms with Crippen molar-refractivity contribution in [3.05, 3.63) is 69.2 Å². The molecule has 0 bridgehead atoms. The Morgan fingerprint density at radius 2 is 1.68 bits per heavy atom. The van der Waals surface area contributed by atoms with E-state index in [-0.39, 0.29) is 16.5 Å². The Balaban J connectivity index is 2.17. The third-order valence-electron chi connectivity index (χ3n) is 2.74. The van der Waals surface area contributed by atoms with E-state index in [9.17, 15) is 13.9 Å². The fraction of sp³-hybridized carbons (Fsp3) is 0.143. The van der Waals surface area contributed by atoms with E-state index in [1.807, 2.05) is 0 Å². The molecule has 0 aliphatic heterocycles. The van der Waals surface area contributed by atoms with E-state index in [0.717, 1.165) is 0 Å².